The second-order valence-electron chi connectivity index (χ2n) is 6.45. The lowest BCUT2D eigenvalue weighted by atomic mass is 10.2. The van der Waals surface area contributed by atoms with Crippen molar-refractivity contribution < 1.29 is 14.3 Å². The number of likely N-dealkylation sites (N-methyl/N-ethyl adjacent to an activating group) is 1. The Morgan fingerprint density at radius 1 is 1.10 bits per heavy atom. The van der Waals surface area contributed by atoms with Crippen LogP contribution in [0, 0.1) is 0 Å². The number of benzene rings is 2. The van der Waals surface area contributed by atoms with Crippen molar-refractivity contribution in [3.05, 3.63) is 80.8 Å². The molecule has 3 aromatic rings. The molecule has 0 saturated carbocycles. The Labute approximate surface area is 188 Å². The van der Waals surface area contributed by atoms with Crippen molar-refractivity contribution in [3.63, 3.8) is 0 Å². The van der Waals surface area contributed by atoms with Crippen molar-refractivity contribution in [2.45, 2.75) is 13.1 Å². The van der Waals surface area contributed by atoms with Gasteiger partial charge in [0.2, 0.25) is 0 Å². The summed E-state index contributed by atoms with van der Waals surface area (Å²) < 4.78 is 5.11. The van der Waals surface area contributed by atoms with Crippen LogP contribution >= 0.6 is 34.5 Å². The Kier molecular flexibility index (Phi) is 7.68. The van der Waals surface area contributed by atoms with Gasteiger partial charge in [-0.25, -0.2) is 9.78 Å². The van der Waals surface area contributed by atoms with Crippen molar-refractivity contribution in [1.29, 1.82) is 0 Å². The molecule has 0 aliphatic heterocycles. The van der Waals surface area contributed by atoms with Crippen LogP contribution in [0.4, 0.5) is 5.13 Å². The quantitative estimate of drug-likeness (QED) is 0.482. The van der Waals surface area contributed by atoms with Crippen LogP contribution in [-0.4, -0.2) is 35.4 Å². The van der Waals surface area contributed by atoms with Crippen molar-refractivity contribution in [1.82, 2.24) is 9.88 Å². The van der Waals surface area contributed by atoms with Gasteiger partial charge in [-0.05, 0) is 23.3 Å². The van der Waals surface area contributed by atoms with Crippen LogP contribution in [0.3, 0.4) is 0 Å². The zero-order valence-corrected chi connectivity index (χ0v) is 18.4. The molecule has 30 heavy (non-hydrogen) atoms. The number of thiazole rings is 1. The lowest BCUT2D eigenvalue weighted by molar-refractivity contribution is -0.133. The van der Waals surface area contributed by atoms with Gasteiger partial charge in [-0.2, -0.15) is 0 Å². The molecule has 2 aromatic carbocycles. The number of hydrogen-bond donors (Lipinski definition) is 1. The maximum atomic E-state index is 12.3. The van der Waals surface area contributed by atoms with Gasteiger partial charge in [0.1, 0.15) is 0 Å². The molecule has 0 aliphatic rings. The minimum Gasteiger partial charge on any atom is -0.451 e. The number of carbonyl (C=O) groups is 2. The second-order valence-corrected chi connectivity index (χ2v) is 8.12. The maximum Gasteiger partial charge on any atom is 0.358 e. The summed E-state index contributed by atoms with van der Waals surface area (Å²) in [7, 11) is 1.62. The fourth-order valence-corrected chi connectivity index (χ4v) is 3.53. The van der Waals surface area contributed by atoms with Gasteiger partial charge in [0.05, 0.1) is 10.0 Å². The number of nitrogens with zero attached hydrogens (tertiary/aromatic N) is 2. The van der Waals surface area contributed by atoms with E-state index in [1.807, 2.05) is 30.3 Å². The van der Waals surface area contributed by atoms with E-state index in [0.29, 0.717) is 28.3 Å². The van der Waals surface area contributed by atoms with Crippen molar-refractivity contribution >= 4 is 51.5 Å². The maximum absolute atomic E-state index is 12.3. The first-order valence-electron chi connectivity index (χ1n) is 9.00. The number of nitrogens with one attached hydrogen (secondary N) is 1. The predicted molar refractivity (Wildman–Crippen MR) is 119 cm³/mol. The molecule has 0 fully saturated rings. The molecule has 0 saturated heterocycles. The van der Waals surface area contributed by atoms with Crippen LogP contribution in [0.5, 0.6) is 0 Å². The number of esters is 1. The molecule has 6 nitrogen and oxygen atoms in total. The SMILES string of the molecule is CN(Cc1ccc(Cl)c(Cl)c1)C(=O)COC(=O)c1csc(NCc2ccccc2)n1. The monoisotopic (exact) mass is 463 g/mol. The highest BCUT2D eigenvalue weighted by Crippen LogP contribution is 2.23. The van der Waals surface area contributed by atoms with Gasteiger partial charge in [-0.3, -0.25) is 4.79 Å². The number of ether oxygens (including phenoxy) is 1. The molecule has 0 aliphatic carbocycles. The van der Waals surface area contributed by atoms with E-state index in [2.05, 4.69) is 10.3 Å². The van der Waals surface area contributed by atoms with Gasteiger partial charge in [0.15, 0.2) is 17.4 Å². The van der Waals surface area contributed by atoms with E-state index in [4.69, 9.17) is 27.9 Å². The number of hydrogen-bond acceptors (Lipinski definition) is 6. The van der Waals surface area contributed by atoms with Gasteiger partial charge in [0, 0.05) is 25.5 Å². The Balaban J connectivity index is 1.47. The Bertz CT molecular complexity index is 1030. The van der Waals surface area contributed by atoms with Crippen LogP contribution in [0.25, 0.3) is 0 Å². The average Bonchev–Trinajstić information content (AvgIpc) is 3.23. The van der Waals surface area contributed by atoms with E-state index < -0.39 is 5.97 Å². The third-order valence-corrected chi connectivity index (χ3v) is 5.70. The minimum absolute atomic E-state index is 0.162. The summed E-state index contributed by atoms with van der Waals surface area (Å²) in [5.74, 6) is -0.984. The highest BCUT2D eigenvalue weighted by molar-refractivity contribution is 7.13. The van der Waals surface area contributed by atoms with Crippen molar-refractivity contribution in [2.75, 3.05) is 19.0 Å². The van der Waals surface area contributed by atoms with Crippen molar-refractivity contribution in [3.8, 4) is 0 Å². The van der Waals surface area contributed by atoms with E-state index in [1.165, 1.54) is 16.2 Å². The van der Waals surface area contributed by atoms with Crippen LogP contribution in [-0.2, 0) is 22.6 Å². The highest BCUT2D eigenvalue weighted by atomic mass is 35.5. The first-order valence-corrected chi connectivity index (χ1v) is 10.6. The molecular formula is C21H19Cl2N3O3S. The summed E-state index contributed by atoms with van der Waals surface area (Å²) in [6, 6.07) is 15.0. The first kappa shape index (κ1) is 22.1. The fourth-order valence-electron chi connectivity index (χ4n) is 2.53. The highest BCUT2D eigenvalue weighted by Gasteiger charge is 2.16. The topological polar surface area (TPSA) is 71.5 Å². The molecule has 9 heteroatoms. The molecule has 3 rings (SSSR count). The molecule has 156 valence electrons. The molecular weight excluding hydrogens is 445 g/mol. The number of carbonyl (C=O) groups excluding carboxylic acids is 2. The molecule has 1 aromatic heterocycles. The molecule has 1 amide bonds. The minimum atomic E-state index is -0.643. The van der Waals surface area contributed by atoms with Crippen LogP contribution in [0.2, 0.25) is 10.0 Å². The number of aromatic nitrogens is 1. The van der Waals surface area contributed by atoms with Crippen LogP contribution in [0.15, 0.2) is 53.9 Å². The van der Waals surface area contributed by atoms with Gasteiger partial charge in [-0.15, -0.1) is 11.3 Å². The number of anilines is 1. The van der Waals surface area contributed by atoms with Gasteiger partial charge in [-0.1, -0.05) is 59.6 Å². The molecule has 0 bridgehead atoms. The van der Waals surface area contributed by atoms with Gasteiger partial charge < -0.3 is 15.0 Å². The zero-order chi connectivity index (χ0) is 21.5. The zero-order valence-electron chi connectivity index (χ0n) is 16.1. The predicted octanol–water partition coefficient (Wildman–Crippen LogP) is 4.88. The number of halogens is 2. The Morgan fingerprint density at radius 2 is 1.87 bits per heavy atom. The van der Waals surface area contributed by atoms with Crippen LogP contribution < -0.4 is 5.32 Å². The van der Waals surface area contributed by atoms with Gasteiger partial charge >= 0.3 is 5.97 Å². The van der Waals surface area contributed by atoms with E-state index in [9.17, 15) is 9.59 Å². The molecule has 0 radical (unpaired) electrons. The first-order chi connectivity index (χ1) is 14.4. The summed E-state index contributed by atoms with van der Waals surface area (Å²) in [6.07, 6.45) is 0. The summed E-state index contributed by atoms with van der Waals surface area (Å²) in [5, 5.41) is 6.23. The van der Waals surface area contributed by atoms with Crippen LogP contribution in [0.1, 0.15) is 21.6 Å². The fraction of sp³-hybridized carbons (Fsp3) is 0.190. The Morgan fingerprint density at radius 3 is 2.60 bits per heavy atom. The number of rotatable bonds is 8. The molecule has 1 N–H and O–H groups in total. The molecule has 0 unspecified atom stereocenters. The third kappa shape index (κ3) is 6.19. The summed E-state index contributed by atoms with van der Waals surface area (Å²) >= 11 is 13.2. The third-order valence-electron chi connectivity index (χ3n) is 4.16. The molecule has 0 spiro atoms. The van der Waals surface area contributed by atoms with E-state index in [-0.39, 0.29) is 18.2 Å². The number of amides is 1. The van der Waals surface area contributed by atoms with Gasteiger partial charge in [0.25, 0.3) is 5.91 Å². The standard InChI is InChI=1S/C21H19Cl2N3O3S/c1-26(11-15-7-8-16(22)17(23)9-15)19(27)12-29-20(28)18-13-30-21(25-18)24-10-14-5-3-2-4-6-14/h2-9,13H,10-12H2,1H3,(H,24,25). The molecule has 0 atom stereocenters. The summed E-state index contributed by atoms with van der Waals surface area (Å²) in [5.41, 5.74) is 2.09. The average molecular weight is 464 g/mol. The molecule has 1 heterocycles. The normalized spacial score (nSPS) is 10.5. The van der Waals surface area contributed by atoms with E-state index in [0.717, 1.165) is 11.1 Å². The van der Waals surface area contributed by atoms with Crippen molar-refractivity contribution in [2.24, 2.45) is 0 Å². The van der Waals surface area contributed by atoms with E-state index >= 15 is 0 Å². The summed E-state index contributed by atoms with van der Waals surface area (Å²) in [4.78, 5) is 30.1. The second kappa shape index (κ2) is 10.4. The largest absolute Gasteiger partial charge is 0.451 e. The lowest BCUT2D eigenvalue weighted by Gasteiger charge is -2.17. The lowest BCUT2D eigenvalue weighted by Crippen LogP contribution is -2.30. The Hall–Kier alpha value is -2.61. The smallest absolute Gasteiger partial charge is 0.358 e. The van der Waals surface area contributed by atoms with E-state index in [1.54, 1.807) is 30.6 Å². The summed E-state index contributed by atoms with van der Waals surface area (Å²) in [6.45, 7) is 0.541.